The van der Waals surface area contributed by atoms with Crippen LogP contribution in [0.25, 0.3) is 27.3 Å². The van der Waals surface area contributed by atoms with Crippen molar-refractivity contribution in [2.24, 2.45) is 0 Å². The monoisotopic (exact) mass is 697 g/mol. The average molecular weight is 697 g/mol. The Kier molecular flexibility index (Phi) is 17.9. The Balaban J connectivity index is 0.000000514. The van der Waals surface area contributed by atoms with Crippen molar-refractivity contribution in [2.45, 2.75) is 26.2 Å². The van der Waals surface area contributed by atoms with Crippen molar-refractivity contribution < 1.29 is 55.5 Å². The molecule has 0 saturated heterocycles. The van der Waals surface area contributed by atoms with Crippen molar-refractivity contribution >= 4 is 47.3 Å². The summed E-state index contributed by atoms with van der Waals surface area (Å²) in [5, 5.41) is 8.19. The third-order valence-corrected chi connectivity index (χ3v) is 6.36. The summed E-state index contributed by atoms with van der Waals surface area (Å²) in [4.78, 5) is 9.87. The van der Waals surface area contributed by atoms with E-state index in [1.807, 2.05) is 6.92 Å². The fraction of sp³-hybridized carbons (Fsp3) is 0.133. The number of carbonyl (C=O) groups is 1. The largest absolute Gasteiger partial charge is 4.00 e. The fourth-order valence-electron chi connectivity index (χ4n) is 3.45. The Morgan fingerprint density at radius 2 is 1.08 bits per heavy atom. The van der Waals surface area contributed by atoms with Gasteiger partial charge < -0.3 is 35.3 Å². The Morgan fingerprint density at radius 3 is 1.44 bits per heavy atom. The Hall–Kier alpha value is -2.11. The molecule has 2 radical (unpaired) electrons. The Labute approximate surface area is 248 Å². The summed E-state index contributed by atoms with van der Waals surface area (Å²) in [6.45, 7) is 2.00. The van der Waals surface area contributed by atoms with Crippen molar-refractivity contribution in [2.75, 3.05) is 0 Å². The maximum Gasteiger partial charge on any atom is 4.00 e. The number of unbranched alkanes of at least 4 members (excludes halogenated alkanes) is 1. The zero-order valence-corrected chi connectivity index (χ0v) is 26.4. The number of carbonyl (C=O) groups excluding carboxylic acids is 1. The smallest absolute Gasteiger partial charge is 1.00 e. The van der Waals surface area contributed by atoms with Gasteiger partial charge in [0.05, 0.1) is 0 Å². The minimum atomic E-state index is -0.443. The normalized spacial score (nSPS) is 9.25. The molecule has 0 aliphatic rings. The summed E-state index contributed by atoms with van der Waals surface area (Å²) in [7, 11) is 0.777. The minimum absolute atomic E-state index is 0. The zero-order chi connectivity index (χ0) is 23.3. The van der Waals surface area contributed by atoms with Gasteiger partial charge >= 0.3 is 25.8 Å². The predicted octanol–water partition coefficient (Wildman–Crippen LogP) is 0.814. The van der Waals surface area contributed by atoms with Crippen molar-refractivity contribution in [3.63, 3.8) is 0 Å². The number of nitrogens with one attached hydrogen (secondary N) is 1. The van der Waals surface area contributed by atoms with Crippen molar-refractivity contribution in [3.05, 3.63) is 121 Å². The van der Waals surface area contributed by atoms with E-state index in [-0.39, 0.29) is 50.7 Å². The molecule has 0 bridgehead atoms. The minimum Gasteiger partial charge on any atom is -1.00 e. The van der Waals surface area contributed by atoms with Gasteiger partial charge in [0.2, 0.25) is 0 Å². The maximum absolute atomic E-state index is 9.87. The number of hydrogen-bond acceptors (Lipinski definition) is 1. The van der Waals surface area contributed by atoms with E-state index in [1.54, 1.807) is 0 Å². The van der Waals surface area contributed by atoms with Gasteiger partial charge in [0.25, 0.3) is 0 Å². The molecular weight excluding hydrogens is 668 g/mol. The first-order valence-corrected chi connectivity index (χ1v) is 12.3. The molecule has 0 heterocycles. The van der Waals surface area contributed by atoms with Gasteiger partial charge in [-0.2, -0.15) is 0 Å². The second-order valence-electron chi connectivity index (χ2n) is 7.70. The molecule has 5 rings (SSSR count). The first kappa shape index (κ1) is 33.9. The maximum atomic E-state index is 9.87. The van der Waals surface area contributed by atoms with E-state index in [1.165, 1.54) is 31.9 Å². The molecule has 0 aliphatic heterocycles. The van der Waals surface area contributed by atoms with Gasteiger partial charge in [-0.25, -0.2) is 0 Å². The summed E-state index contributed by atoms with van der Waals surface area (Å²) in [5.41, 5.74) is 6.44. The van der Waals surface area contributed by atoms with Crippen LogP contribution in [0.5, 0.6) is 0 Å². The predicted molar refractivity (Wildman–Crippen MR) is 144 cm³/mol. The van der Waals surface area contributed by atoms with Crippen LogP contribution in [0, 0.1) is 0 Å². The molecule has 0 atom stereocenters. The summed E-state index contributed by atoms with van der Waals surface area (Å²) in [5.74, 6) is -0.443. The summed E-state index contributed by atoms with van der Waals surface area (Å²) < 4.78 is 0. The van der Waals surface area contributed by atoms with E-state index in [0.29, 0.717) is 6.42 Å². The van der Waals surface area contributed by atoms with E-state index in [2.05, 4.69) is 115 Å². The number of fused-ring (bicyclic) bond motifs is 3. The van der Waals surface area contributed by atoms with E-state index < -0.39 is 5.91 Å². The zero-order valence-electron chi connectivity index (χ0n) is 20.3. The number of amides is 1. The molecule has 36 heavy (non-hydrogen) atoms. The van der Waals surface area contributed by atoms with Crippen LogP contribution in [0.4, 0.5) is 0 Å². The van der Waals surface area contributed by atoms with Crippen LogP contribution < -0.4 is 35.2 Å². The van der Waals surface area contributed by atoms with Gasteiger partial charge in [0.1, 0.15) is 9.52 Å². The molecule has 1 N–H and O–H groups in total. The van der Waals surface area contributed by atoms with Crippen LogP contribution in [-0.4, -0.2) is 15.4 Å². The molecule has 0 spiro atoms. The Morgan fingerprint density at radius 1 is 0.694 bits per heavy atom. The fourth-order valence-corrected chi connectivity index (χ4v) is 4.50. The SMILES string of the molecule is CCCCC([NH-])=O.[Cl-].[Cl-].[Hf+4].c1ccc([Si]c2ccccc2)cc1.c1ccc2c(c1)[cH-]c1ccccc12. The first-order chi connectivity index (χ1) is 16.2. The van der Waals surface area contributed by atoms with E-state index in [9.17, 15) is 4.79 Å². The number of halogens is 2. The Bertz CT molecular complexity index is 1180. The molecule has 182 valence electrons. The molecular formula is C30H29Cl2HfNOSi. The van der Waals surface area contributed by atoms with Crippen LogP contribution in [0.15, 0.2) is 115 Å². The van der Waals surface area contributed by atoms with Gasteiger partial charge in [-0.05, 0) is 12.8 Å². The van der Waals surface area contributed by atoms with Crippen LogP contribution in [0.1, 0.15) is 26.2 Å². The molecule has 6 heteroatoms. The third kappa shape index (κ3) is 11.3. The van der Waals surface area contributed by atoms with Crippen molar-refractivity contribution in [3.8, 4) is 0 Å². The molecule has 0 aliphatic carbocycles. The standard InChI is InChI=1S/C13H9.C12H10Si.C5H11NO.2ClH.Hf/c1-3-7-12-10(5-1)9-11-6-2-4-8-13(11)12;1-3-7-11(8-4-1)13-12-9-5-2-6-10-12;1-2-3-4-5(6)7;;;/h1-9H;1-10H;2-4H2,1H3,(H2,6,7);2*1H;/q-1;;;;;+4/p-3. The van der Waals surface area contributed by atoms with Gasteiger partial charge in [-0.1, -0.05) is 121 Å². The summed E-state index contributed by atoms with van der Waals surface area (Å²) in [6.07, 6.45) is 2.30. The summed E-state index contributed by atoms with van der Waals surface area (Å²) >= 11 is 0. The molecule has 0 saturated carbocycles. The molecule has 1 amide bonds. The third-order valence-electron chi connectivity index (χ3n) is 5.12. The van der Waals surface area contributed by atoms with Gasteiger partial charge in [-0.15, -0.1) is 39.7 Å². The van der Waals surface area contributed by atoms with Crippen LogP contribution >= 0.6 is 0 Å². The molecule has 0 fully saturated rings. The summed E-state index contributed by atoms with van der Waals surface area (Å²) in [6, 6.07) is 40.4. The molecule has 0 aromatic heterocycles. The second kappa shape index (κ2) is 19.1. The molecule has 5 aromatic rings. The number of benzene rings is 4. The van der Waals surface area contributed by atoms with Gasteiger partial charge in [0.15, 0.2) is 0 Å². The van der Waals surface area contributed by atoms with Crippen LogP contribution in [0.2, 0.25) is 0 Å². The van der Waals surface area contributed by atoms with Gasteiger partial charge in [-0.3, -0.25) is 0 Å². The first-order valence-electron chi connectivity index (χ1n) is 11.3. The van der Waals surface area contributed by atoms with E-state index in [0.717, 1.165) is 22.4 Å². The molecule has 2 nitrogen and oxygen atoms in total. The quantitative estimate of drug-likeness (QED) is 0.198. The van der Waals surface area contributed by atoms with Crippen LogP contribution in [0.3, 0.4) is 0 Å². The second-order valence-corrected chi connectivity index (χ2v) is 9.11. The number of rotatable bonds is 5. The van der Waals surface area contributed by atoms with Crippen molar-refractivity contribution in [1.29, 1.82) is 0 Å². The average Bonchev–Trinajstić information content (AvgIpc) is 3.24. The number of hydrogen-bond donors (Lipinski definition) is 0. The molecule has 0 unspecified atom stereocenters. The van der Waals surface area contributed by atoms with Crippen molar-refractivity contribution in [1.82, 2.24) is 0 Å². The van der Waals surface area contributed by atoms with Crippen LogP contribution in [-0.2, 0) is 30.6 Å². The topological polar surface area (TPSA) is 40.9 Å². The molecule has 5 aromatic carbocycles. The van der Waals surface area contributed by atoms with E-state index in [4.69, 9.17) is 5.73 Å². The van der Waals surface area contributed by atoms with Gasteiger partial charge in [0, 0.05) is 5.91 Å². The van der Waals surface area contributed by atoms with E-state index >= 15 is 0 Å².